The smallest absolute Gasteiger partial charge is 0.178 e. The molecular weight excluding hydrogens is 246 g/mol. The van der Waals surface area contributed by atoms with Gasteiger partial charge < -0.3 is 14.3 Å². The van der Waals surface area contributed by atoms with Crippen molar-refractivity contribution >= 4 is 23.3 Å². The van der Waals surface area contributed by atoms with Gasteiger partial charge in [0, 0.05) is 19.3 Å². The minimum atomic E-state index is 0.311. The van der Waals surface area contributed by atoms with Crippen LogP contribution in [0.5, 0.6) is 0 Å². The van der Waals surface area contributed by atoms with Gasteiger partial charge in [0.1, 0.15) is 0 Å². The van der Waals surface area contributed by atoms with Crippen LogP contribution in [0.1, 0.15) is 26.7 Å². The molecule has 2 aromatic heterocycles. The van der Waals surface area contributed by atoms with Gasteiger partial charge in [-0.1, -0.05) is 0 Å². The number of hydrogen-bond donors (Lipinski definition) is 1. The summed E-state index contributed by atoms with van der Waals surface area (Å²) in [4.78, 5) is 7.26. The summed E-state index contributed by atoms with van der Waals surface area (Å²) in [5.41, 5.74) is 2.13. The van der Waals surface area contributed by atoms with Crippen LogP contribution in [0.2, 0.25) is 0 Å². The van der Waals surface area contributed by atoms with Crippen LogP contribution < -0.4 is 0 Å². The first-order valence-electron chi connectivity index (χ1n) is 6.32. The monoisotopic (exact) mass is 265 g/mol. The van der Waals surface area contributed by atoms with E-state index in [0.29, 0.717) is 6.10 Å². The van der Waals surface area contributed by atoms with Crippen molar-refractivity contribution in [3.63, 3.8) is 0 Å². The van der Waals surface area contributed by atoms with Crippen molar-refractivity contribution < 1.29 is 4.74 Å². The van der Waals surface area contributed by atoms with E-state index >= 15 is 0 Å². The van der Waals surface area contributed by atoms with Gasteiger partial charge in [-0.05, 0) is 45.0 Å². The zero-order valence-corrected chi connectivity index (χ0v) is 11.7. The summed E-state index contributed by atoms with van der Waals surface area (Å²) in [7, 11) is 0. The van der Waals surface area contributed by atoms with E-state index in [9.17, 15) is 0 Å². The van der Waals surface area contributed by atoms with Crippen molar-refractivity contribution in [1.82, 2.24) is 14.5 Å². The molecule has 2 heterocycles. The number of nitrogens with zero attached hydrogens (tertiary/aromatic N) is 2. The minimum absolute atomic E-state index is 0.311. The number of rotatable bonds is 6. The average Bonchev–Trinajstić information content (AvgIpc) is 2.65. The molecule has 0 aliphatic carbocycles. The molecule has 2 rings (SSSR count). The molecule has 0 unspecified atom stereocenters. The normalized spacial score (nSPS) is 11.5. The van der Waals surface area contributed by atoms with Gasteiger partial charge in [0.05, 0.1) is 23.3 Å². The van der Waals surface area contributed by atoms with Crippen LogP contribution in [0.4, 0.5) is 0 Å². The number of fused-ring (bicyclic) bond motifs is 1. The number of H-pyrrole nitrogens is 1. The number of aryl methyl sites for hydroxylation is 1. The SMILES string of the molecule is CC(C)OCCCCn1c(=S)[nH]c2cnccc21. The van der Waals surface area contributed by atoms with Crippen molar-refractivity contribution in [1.29, 1.82) is 0 Å². The van der Waals surface area contributed by atoms with Gasteiger partial charge in [-0.3, -0.25) is 4.98 Å². The molecule has 0 bridgehead atoms. The molecule has 0 saturated heterocycles. The van der Waals surface area contributed by atoms with Gasteiger partial charge in [0.25, 0.3) is 0 Å². The summed E-state index contributed by atoms with van der Waals surface area (Å²) in [6, 6.07) is 1.99. The molecule has 0 spiro atoms. The second kappa shape index (κ2) is 6.11. The van der Waals surface area contributed by atoms with E-state index in [1.165, 1.54) is 0 Å². The van der Waals surface area contributed by atoms with Gasteiger partial charge in [0.2, 0.25) is 0 Å². The van der Waals surface area contributed by atoms with E-state index in [2.05, 4.69) is 28.4 Å². The molecule has 1 N–H and O–H groups in total. The molecule has 0 fully saturated rings. The number of aromatic amines is 1. The van der Waals surface area contributed by atoms with E-state index in [4.69, 9.17) is 17.0 Å². The third-order valence-corrected chi connectivity index (χ3v) is 3.13. The Morgan fingerprint density at radius 1 is 1.44 bits per heavy atom. The number of hydrogen-bond acceptors (Lipinski definition) is 3. The lowest BCUT2D eigenvalue weighted by Crippen LogP contribution is -2.05. The first kappa shape index (κ1) is 13.2. The maximum Gasteiger partial charge on any atom is 0.178 e. The fourth-order valence-corrected chi connectivity index (χ4v) is 2.22. The highest BCUT2D eigenvalue weighted by molar-refractivity contribution is 7.71. The summed E-state index contributed by atoms with van der Waals surface area (Å²) in [5.74, 6) is 0. The molecule has 98 valence electrons. The highest BCUT2D eigenvalue weighted by Gasteiger charge is 2.03. The molecule has 5 heteroatoms. The summed E-state index contributed by atoms with van der Waals surface area (Å²) in [6.45, 7) is 5.85. The average molecular weight is 265 g/mol. The maximum atomic E-state index is 5.53. The zero-order valence-electron chi connectivity index (χ0n) is 10.8. The molecule has 0 aliphatic rings. The highest BCUT2D eigenvalue weighted by Crippen LogP contribution is 2.13. The van der Waals surface area contributed by atoms with E-state index < -0.39 is 0 Å². The van der Waals surface area contributed by atoms with E-state index in [0.717, 1.165) is 41.8 Å². The number of pyridine rings is 1. The Labute approximate surface area is 112 Å². The van der Waals surface area contributed by atoms with Crippen LogP contribution >= 0.6 is 12.2 Å². The molecular formula is C13H19N3OS. The Bertz CT molecular complexity index is 559. The lowest BCUT2D eigenvalue weighted by molar-refractivity contribution is 0.0755. The fraction of sp³-hybridized carbons (Fsp3) is 0.538. The van der Waals surface area contributed by atoms with Gasteiger partial charge >= 0.3 is 0 Å². The minimum Gasteiger partial charge on any atom is -0.379 e. The molecule has 0 radical (unpaired) electrons. The Kier molecular flexibility index (Phi) is 4.49. The molecule has 4 nitrogen and oxygen atoms in total. The van der Waals surface area contributed by atoms with Crippen molar-refractivity contribution in [3.8, 4) is 0 Å². The topological polar surface area (TPSA) is 42.8 Å². The van der Waals surface area contributed by atoms with Gasteiger partial charge in [-0.25, -0.2) is 0 Å². The van der Waals surface area contributed by atoms with E-state index in [1.807, 2.05) is 12.3 Å². The lowest BCUT2D eigenvalue weighted by atomic mass is 10.3. The van der Waals surface area contributed by atoms with Crippen LogP contribution in [0.25, 0.3) is 11.0 Å². The molecule has 0 saturated carbocycles. The largest absolute Gasteiger partial charge is 0.379 e. The number of aromatic nitrogens is 3. The summed E-state index contributed by atoms with van der Waals surface area (Å²) < 4.78 is 8.42. The van der Waals surface area contributed by atoms with Crippen LogP contribution in [0.3, 0.4) is 0 Å². The Hall–Kier alpha value is -1.20. The van der Waals surface area contributed by atoms with Crippen molar-refractivity contribution in [2.45, 2.75) is 39.3 Å². The van der Waals surface area contributed by atoms with E-state index in [-0.39, 0.29) is 0 Å². The predicted molar refractivity (Wildman–Crippen MR) is 75.2 cm³/mol. The first-order chi connectivity index (χ1) is 8.68. The predicted octanol–water partition coefficient (Wildman–Crippen LogP) is 3.30. The molecule has 0 atom stereocenters. The summed E-state index contributed by atoms with van der Waals surface area (Å²) >= 11 is 5.32. The van der Waals surface area contributed by atoms with Crippen LogP contribution in [0, 0.1) is 4.77 Å². The van der Waals surface area contributed by atoms with Gasteiger partial charge in [-0.2, -0.15) is 0 Å². The highest BCUT2D eigenvalue weighted by atomic mass is 32.1. The van der Waals surface area contributed by atoms with Crippen LogP contribution in [-0.4, -0.2) is 27.2 Å². The summed E-state index contributed by atoms with van der Waals surface area (Å²) in [6.07, 6.45) is 6.03. The Morgan fingerprint density at radius 2 is 2.28 bits per heavy atom. The third-order valence-electron chi connectivity index (χ3n) is 2.80. The molecule has 0 aliphatic heterocycles. The van der Waals surface area contributed by atoms with Crippen molar-refractivity contribution in [3.05, 3.63) is 23.2 Å². The van der Waals surface area contributed by atoms with Gasteiger partial charge in [-0.15, -0.1) is 0 Å². The quantitative estimate of drug-likeness (QED) is 0.643. The molecule has 0 amide bonds. The number of unbranched alkanes of at least 4 members (excludes halogenated alkanes) is 1. The van der Waals surface area contributed by atoms with Crippen LogP contribution in [0.15, 0.2) is 18.5 Å². The number of nitrogens with one attached hydrogen (secondary N) is 1. The van der Waals surface area contributed by atoms with Gasteiger partial charge in [0.15, 0.2) is 4.77 Å². The van der Waals surface area contributed by atoms with Crippen molar-refractivity contribution in [2.24, 2.45) is 0 Å². The lowest BCUT2D eigenvalue weighted by Gasteiger charge is -2.07. The second-order valence-corrected chi connectivity index (χ2v) is 4.99. The first-order valence-corrected chi connectivity index (χ1v) is 6.73. The Balaban J connectivity index is 1.95. The third kappa shape index (κ3) is 3.17. The van der Waals surface area contributed by atoms with E-state index in [1.54, 1.807) is 6.20 Å². The second-order valence-electron chi connectivity index (χ2n) is 4.60. The standard InChI is InChI=1S/C13H19N3OS/c1-10(2)17-8-4-3-7-16-12-5-6-14-9-11(12)15-13(16)18/h5-6,9-10H,3-4,7-8H2,1-2H3,(H,15,18). The maximum absolute atomic E-state index is 5.53. The van der Waals surface area contributed by atoms with Crippen molar-refractivity contribution in [2.75, 3.05) is 6.61 Å². The van der Waals surface area contributed by atoms with Crippen LogP contribution in [-0.2, 0) is 11.3 Å². The summed E-state index contributed by atoms with van der Waals surface area (Å²) in [5, 5.41) is 0. The molecule has 18 heavy (non-hydrogen) atoms. The number of ether oxygens (including phenoxy) is 1. The molecule has 2 aromatic rings. The molecule has 0 aromatic carbocycles. The number of imidazole rings is 1. The zero-order chi connectivity index (χ0) is 13.0. The fourth-order valence-electron chi connectivity index (χ4n) is 1.92. The Morgan fingerprint density at radius 3 is 3.06 bits per heavy atom.